The van der Waals surface area contributed by atoms with E-state index in [1.54, 1.807) is 12.1 Å². The highest BCUT2D eigenvalue weighted by Crippen LogP contribution is 2.24. The van der Waals surface area contributed by atoms with Crippen molar-refractivity contribution in [3.8, 4) is 11.3 Å². The van der Waals surface area contributed by atoms with E-state index in [0.29, 0.717) is 6.42 Å². The number of benzene rings is 2. The summed E-state index contributed by atoms with van der Waals surface area (Å²) in [5.74, 6) is 0.631. The van der Waals surface area contributed by atoms with Crippen LogP contribution in [0.4, 0.5) is 10.2 Å². The lowest BCUT2D eigenvalue weighted by Gasteiger charge is -2.16. The Balaban J connectivity index is 1.33. The summed E-state index contributed by atoms with van der Waals surface area (Å²) in [7, 11) is 0. The monoisotopic (exact) mass is 378 g/mol. The predicted octanol–water partition coefficient (Wildman–Crippen LogP) is 3.46. The van der Waals surface area contributed by atoms with Crippen LogP contribution in [-0.2, 0) is 11.2 Å². The molecule has 3 aromatic rings. The van der Waals surface area contributed by atoms with E-state index in [1.807, 2.05) is 37.3 Å². The van der Waals surface area contributed by atoms with E-state index in [1.165, 1.54) is 17.7 Å². The number of hydrogen-bond acceptors (Lipinski definition) is 3. The largest absolute Gasteiger partial charge is 0.353 e. The highest BCUT2D eigenvalue weighted by Gasteiger charge is 2.25. The predicted molar refractivity (Wildman–Crippen MR) is 108 cm³/mol. The number of H-pyrrole nitrogens is 1. The minimum Gasteiger partial charge on any atom is -0.353 e. The first-order valence-electron chi connectivity index (χ1n) is 9.48. The average Bonchev–Trinajstić information content (AvgIpc) is 3.34. The SMILES string of the molecule is Cc1ccc(CC(=O)N[C@H]2CCN(c3cc(-c4ccc(F)cc4)[nH]n3)C2)cc1. The Morgan fingerprint density at radius 1 is 1.21 bits per heavy atom. The number of amides is 1. The second-order valence-corrected chi connectivity index (χ2v) is 7.31. The summed E-state index contributed by atoms with van der Waals surface area (Å²) < 4.78 is 13.1. The van der Waals surface area contributed by atoms with Crippen LogP contribution in [0.5, 0.6) is 0 Å². The molecule has 1 atom stereocenters. The third-order valence-corrected chi connectivity index (χ3v) is 5.08. The second kappa shape index (κ2) is 7.84. The molecule has 1 saturated heterocycles. The molecule has 1 fully saturated rings. The number of aromatic amines is 1. The first kappa shape index (κ1) is 18.2. The van der Waals surface area contributed by atoms with Gasteiger partial charge in [0.1, 0.15) is 5.82 Å². The van der Waals surface area contributed by atoms with Gasteiger partial charge in [-0.2, -0.15) is 5.10 Å². The van der Waals surface area contributed by atoms with Crippen LogP contribution in [0.1, 0.15) is 17.5 Å². The topological polar surface area (TPSA) is 61.0 Å². The van der Waals surface area contributed by atoms with Crippen LogP contribution in [-0.4, -0.2) is 35.2 Å². The lowest BCUT2D eigenvalue weighted by Crippen LogP contribution is -2.38. The molecule has 0 spiro atoms. The number of carbonyl (C=O) groups is 1. The number of nitrogens with one attached hydrogen (secondary N) is 2. The van der Waals surface area contributed by atoms with Gasteiger partial charge in [-0.15, -0.1) is 0 Å². The van der Waals surface area contributed by atoms with Crippen molar-refractivity contribution in [2.24, 2.45) is 0 Å². The van der Waals surface area contributed by atoms with Crippen molar-refractivity contribution in [3.63, 3.8) is 0 Å². The van der Waals surface area contributed by atoms with Crippen molar-refractivity contribution < 1.29 is 9.18 Å². The first-order chi connectivity index (χ1) is 13.6. The Bertz CT molecular complexity index is 949. The van der Waals surface area contributed by atoms with Crippen molar-refractivity contribution in [2.45, 2.75) is 25.8 Å². The Kier molecular flexibility index (Phi) is 5.10. The molecule has 144 valence electrons. The van der Waals surface area contributed by atoms with Gasteiger partial charge in [-0.25, -0.2) is 4.39 Å². The lowest BCUT2D eigenvalue weighted by molar-refractivity contribution is -0.121. The lowest BCUT2D eigenvalue weighted by atomic mass is 10.1. The Labute approximate surface area is 163 Å². The Morgan fingerprint density at radius 2 is 1.96 bits per heavy atom. The van der Waals surface area contributed by atoms with Gasteiger partial charge in [0.2, 0.25) is 5.91 Å². The fraction of sp³-hybridized carbons (Fsp3) is 0.273. The molecule has 2 N–H and O–H groups in total. The van der Waals surface area contributed by atoms with Gasteiger partial charge in [0.15, 0.2) is 5.82 Å². The van der Waals surface area contributed by atoms with Crippen molar-refractivity contribution >= 4 is 11.7 Å². The number of aryl methyl sites for hydroxylation is 1. The van der Waals surface area contributed by atoms with E-state index in [0.717, 1.165) is 42.1 Å². The van der Waals surface area contributed by atoms with E-state index < -0.39 is 0 Å². The molecule has 0 aliphatic carbocycles. The van der Waals surface area contributed by atoms with Gasteiger partial charge in [-0.1, -0.05) is 29.8 Å². The Morgan fingerprint density at radius 3 is 2.71 bits per heavy atom. The molecule has 4 rings (SSSR count). The molecule has 28 heavy (non-hydrogen) atoms. The molecule has 0 saturated carbocycles. The van der Waals surface area contributed by atoms with Crippen LogP contribution >= 0.6 is 0 Å². The van der Waals surface area contributed by atoms with E-state index in [9.17, 15) is 9.18 Å². The Hall–Kier alpha value is -3.15. The number of hydrogen-bond donors (Lipinski definition) is 2. The van der Waals surface area contributed by atoms with Gasteiger partial charge in [-0.3, -0.25) is 9.89 Å². The van der Waals surface area contributed by atoms with Crippen molar-refractivity contribution in [1.82, 2.24) is 15.5 Å². The maximum atomic E-state index is 13.1. The quantitative estimate of drug-likeness (QED) is 0.715. The van der Waals surface area contributed by atoms with Crippen LogP contribution in [0, 0.1) is 12.7 Å². The van der Waals surface area contributed by atoms with Gasteiger partial charge in [0.25, 0.3) is 0 Å². The number of carbonyl (C=O) groups excluding carboxylic acids is 1. The second-order valence-electron chi connectivity index (χ2n) is 7.31. The molecule has 1 aromatic heterocycles. The van der Waals surface area contributed by atoms with Crippen LogP contribution in [0.3, 0.4) is 0 Å². The van der Waals surface area contributed by atoms with Crippen molar-refractivity contribution in [3.05, 3.63) is 71.5 Å². The minimum atomic E-state index is -0.257. The van der Waals surface area contributed by atoms with Crippen LogP contribution < -0.4 is 10.2 Å². The smallest absolute Gasteiger partial charge is 0.224 e. The fourth-order valence-electron chi connectivity index (χ4n) is 3.51. The fourth-order valence-corrected chi connectivity index (χ4v) is 3.51. The number of anilines is 1. The van der Waals surface area contributed by atoms with Crippen LogP contribution in [0.2, 0.25) is 0 Å². The molecule has 0 radical (unpaired) electrons. The summed E-state index contributed by atoms with van der Waals surface area (Å²) in [6.45, 7) is 3.60. The molecule has 0 bridgehead atoms. The van der Waals surface area contributed by atoms with E-state index >= 15 is 0 Å². The van der Waals surface area contributed by atoms with Crippen molar-refractivity contribution in [1.29, 1.82) is 0 Å². The maximum absolute atomic E-state index is 13.1. The molecule has 2 heterocycles. The maximum Gasteiger partial charge on any atom is 0.224 e. The highest BCUT2D eigenvalue weighted by atomic mass is 19.1. The zero-order valence-electron chi connectivity index (χ0n) is 15.8. The number of aromatic nitrogens is 2. The third kappa shape index (κ3) is 4.22. The van der Waals surface area contributed by atoms with Gasteiger partial charge >= 0.3 is 0 Å². The van der Waals surface area contributed by atoms with Gasteiger partial charge < -0.3 is 10.2 Å². The number of halogens is 1. The van der Waals surface area contributed by atoms with Crippen LogP contribution in [0.15, 0.2) is 54.6 Å². The third-order valence-electron chi connectivity index (χ3n) is 5.08. The summed E-state index contributed by atoms with van der Waals surface area (Å²) in [5, 5.41) is 10.5. The molecule has 2 aromatic carbocycles. The number of rotatable bonds is 5. The number of nitrogens with zero attached hydrogens (tertiary/aromatic N) is 2. The summed E-state index contributed by atoms with van der Waals surface area (Å²) >= 11 is 0. The molecule has 0 unspecified atom stereocenters. The zero-order valence-corrected chi connectivity index (χ0v) is 15.8. The van der Waals surface area contributed by atoms with Gasteiger partial charge in [0, 0.05) is 25.2 Å². The van der Waals surface area contributed by atoms with E-state index in [2.05, 4.69) is 20.4 Å². The molecule has 1 aliphatic rings. The summed E-state index contributed by atoms with van der Waals surface area (Å²) in [6, 6.07) is 16.4. The summed E-state index contributed by atoms with van der Waals surface area (Å²) in [4.78, 5) is 14.5. The highest BCUT2D eigenvalue weighted by molar-refractivity contribution is 5.79. The first-order valence-corrected chi connectivity index (χ1v) is 9.48. The molecule has 1 aliphatic heterocycles. The molecule has 1 amide bonds. The molecule has 6 heteroatoms. The van der Waals surface area contributed by atoms with E-state index in [-0.39, 0.29) is 17.8 Å². The normalized spacial score (nSPS) is 16.4. The standard InChI is InChI=1S/C22H23FN4O/c1-15-2-4-16(5-3-15)12-22(28)24-19-10-11-27(14-19)21-13-20(25-26-21)17-6-8-18(23)9-7-17/h2-9,13,19H,10-12,14H2,1H3,(H,24,28)(H,25,26)/t19-/m0/s1. The van der Waals surface area contributed by atoms with Crippen molar-refractivity contribution in [2.75, 3.05) is 18.0 Å². The summed E-state index contributed by atoms with van der Waals surface area (Å²) in [5.41, 5.74) is 3.95. The van der Waals surface area contributed by atoms with E-state index in [4.69, 9.17) is 0 Å². The molecule has 5 nitrogen and oxygen atoms in total. The average molecular weight is 378 g/mol. The minimum absolute atomic E-state index is 0.0460. The zero-order chi connectivity index (χ0) is 19.5. The molecular formula is C22H23FN4O. The summed E-state index contributed by atoms with van der Waals surface area (Å²) in [6.07, 6.45) is 1.28. The van der Waals surface area contributed by atoms with Crippen LogP contribution in [0.25, 0.3) is 11.3 Å². The van der Waals surface area contributed by atoms with Gasteiger partial charge in [-0.05, 0) is 48.7 Å². The van der Waals surface area contributed by atoms with Gasteiger partial charge in [0.05, 0.1) is 12.1 Å². The molecular weight excluding hydrogens is 355 g/mol.